The molecule has 0 saturated carbocycles. The lowest BCUT2D eigenvalue weighted by Crippen LogP contribution is -2.36. The van der Waals surface area contributed by atoms with Crippen LogP contribution in [0.3, 0.4) is 0 Å². The zero-order chi connectivity index (χ0) is 12.1. The van der Waals surface area contributed by atoms with Gasteiger partial charge in [0.2, 0.25) is 0 Å². The molecule has 0 aliphatic carbocycles. The van der Waals surface area contributed by atoms with Crippen molar-refractivity contribution in [2.45, 2.75) is 30.8 Å². The zero-order valence-corrected chi connectivity index (χ0v) is 11.4. The molecular weight excluding hydrogens is 228 g/mol. The summed E-state index contributed by atoms with van der Waals surface area (Å²) in [6.45, 7) is 6.00. The number of benzene rings is 1. The second-order valence-corrected chi connectivity index (χ2v) is 6.00. The van der Waals surface area contributed by atoms with Gasteiger partial charge in [-0.05, 0) is 43.6 Å². The number of anilines is 1. The lowest BCUT2D eigenvalue weighted by molar-refractivity contribution is 0.245. The molecule has 0 amide bonds. The van der Waals surface area contributed by atoms with Crippen LogP contribution in [0.4, 0.5) is 5.69 Å². The fourth-order valence-corrected chi connectivity index (χ4v) is 3.53. The van der Waals surface area contributed by atoms with Crippen molar-refractivity contribution in [3.05, 3.63) is 29.8 Å². The van der Waals surface area contributed by atoms with Gasteiger partial charge in [-0.25, -0.2) is 0 Å². The third kappa shape index (κ3) is 3.93. The summed E-state index contributed by atoms with van der Waals surface area (Å²) in [5.74, 6) is 1.11. The standard InChI is InChI=1S/C14H22N2S/c1-2-16-9-3-4-14(10-16)17-11-12-5-7-13(15)8-6-12/h5-8,14H,2-4,9-11,15H2,1H3. The molecule has 2 rings (SSSR count). The van der Waals surface area contributed by atoms with Gasteiger partial charge in [0.15, 0.2) is 0 Å². The van der Waals surface area contributed by atoms with Crippen molar-refractivity contribution in [2.75, 3.05) is 25.4 Å². The molecule has 17 heavy (non-hydrogen) atoms. The lowest BCUT2D eigenvalue weighted by atomic mass is 10.1. The molecule has 3 heteroatoms. The number of hydrogen-bond donors (Lipinski definition) is 1. The van der Waals surface area contributed by atoms with Crippen LogP contribution in [0.25, 0.3) is 0 Å². The van der Waals surface area contributed by atoms with E-state index >= 15 is 0 Å². The maximum atomic E-state index is 5.69. The molecule has 1 fully saturated rings. The Labute approximate surface area is 109 Å². The third-order valence-electron chi connectivity index (χ3n) is 3.37. The fraction of sp³-hybridized carbons (Fsp3) is 0.571. The monoisotopic (exact) mass is 250 g/mol. The van der Waals surface area contributed by atoms with Gasteiger partial charge in [0.05, 0.1) is 0 Å². The molecule has 2 N–H and O–H groups in total. The second kappa shape index (κ2) is 6.31. The van der Waals surface area contributed by atoms with Gasteiger partial charge in [-0.2, -0.15) is 11.8 Å². The van der Waals surface area contributed by atoms with Gasteiger partial charge in [-0.3, -0.25) is 0 Å². The molecule has 0 aromatic heterocycles. The molecular formula is C14H22N2S. The summed E-state index contributed by atoms with van der Waals surface area (Å²) >= 11 is 2.09. The van der Waals surface area contributed by atoms with Gasteiger partial charge >= 0.3 is 0 Å². The first-order chi connectivity index (χ1) is 8.28. The van der Waals surface area contributed by atoms with Crippen molar-refractivity contribution < 1.29 is 0 Å². The van der Waals surface area contributed by atoms with E-state index in [4.69, 9.17) is 5.73 Å². The first-order valence-corrected chi connectivity index (χ1v) is 7.51. The summed E-state index contributed by atoms with van der Waals surface area (Å²) in [6.07, 6.45) is 2.73. The van der Waals surface area contributed by atoms with Crippen molar-refractivity contribution in [2.24, 2.45) is 0 Å². The molecule has 1 heterocycles. The molecule has 2 nitrogen and oxygen atoms in total. The van der Waals surface area contributed by atoms with Gasteiger partial charge in [-0.1, -0.05) is 19.1 Å². The van der Waals surface area contributed by atoms with Gasteiger partial charge < -0.3 is 10.6 Å². The number of piperidine rings is 1. The topological polar surface area (TPSA) is 29.3 Å². The average molecular weight is 250 g/mol. The molecule has 94 valence electrons. The SMILES string of the molecule is CCN1CCCC(SCc2ccc(N)cc2)C1. The highest BCUT2D eigenvalue weighted by Gasteiger charge is 2.18. The highest BCUT2D eigenvalue weighted by atomic mass is 32.2. The van der Waals surface area contributed by atoms with Crippen LogP contribution < -0.4 is 5.73 Å². The molecule has 1 aliphatic rings. The number of thioether (sulfide) groups is 1. The molecule has 1 aromatic carbocycles. The van der Waals surface area contributed by atoms with E-state index in [1.165, 1.54) is 38.0 Å². The van der Waals surface area contributed by atoms with Crippen molar-refractivity contribution in [1.82, 2.24) is 4.90 Å². The van der Waals surface area contributed by atoms with E-state index in [-0.39, 0.29) is 0 Å². The van der Waals surface area contributed by atoms with Gasteiger partial charge in [0, 0.05) is 23.2 Å². The van der Waals surface area contributed by atoms with E-state index in [9.17, 15) is 0 Å². The molecule has 0 spiro atoms. The van der Waals surface area contributed by atoms with Gasteiger partial charge in [0.1, 0.15) is 0 Å². The zero-order valence-electron chi connectivity index (χ0n) is 10.6. The van der Waals surface area contributed by atoms with Crippen LogP contribution in [0, 0.1) is 0 Å². The van der Waals surface area contributed by atoms with E-state index in [2.05, 4.69) is 35.7 Å². The molecule has 1 aromatic rings. The number of nitrogen functional groups attached to an aromatic ring is 1. The highest BCUT2D eigenvalue weighted by Crippen LogP contribution is 2.25. The minimum atomic E-state index is 0.807. The number of hydrogen-bond acceptors (Lipinski definition) is 3. The highest BCUT2D eigenvalue weighted by molar-refractivity contribution is 7.99. The Bertz CT molecular complexity index is 337. The first-order valence-electron chi connectivity index (χ1n) is 6.46. The Kier molecular flexibility index (Phi) is 4.75. The maximum Gasteiger partial charge on any atom is 0.0314 e. The Morgan fingerprint density at radius 3 is 2.82 bits per heavy atom. The molecule has 0 bridgehead atoms. The summed E-state index contributed by atoms with van der Waals surface area (Å²) in [5.41, 5.74) is 7.93. The van der Waals surface area contributed by atoms with Crippen LogP contribution in [0.5, 0.6) is 0 Å². The number of nitrogens with two attached hydrogens (primary N) is 1. The lowest BCUT2D eigenvalue weighted by Gasteiger charge is -2.31. The van der Waals surface area contributed by atoms with E-state index in [1.807, 2.05) is 12.1 Å². The van der Waals surface area contributed by atoms with Crippen molar-refractivity contribution >= 4 is 17.4 Å². The van der Waals surface area contributed by atoms with Crippen molar-refractivity contribution in [3.8, 4) is 0 Å². The van der Waals surface area contributed by atoms with E-state index in [0.29, 0.717) is 0 Å². The largest absolute Gasteiger partial charge is 0.399 e. The number of nitrogens with zero attached hydrogens (tertiary/aromatic N) is 1. The predicted molar refractivity (Wildman–Crippen MR) is 77.3 cm³/mol. The minimum absolute atomic E-state index is 0.807. The summed E-state index contributed by atoms with van der Waals surface area (Å²) in [6, 6.07) is 8.27. The molecule has 1 saturated heterocycles. The molecule has 0 radical (unpaired) electrons. The molecule has 1 unspecified atom stereocenters. The molecule has 1 atom stereocenters. The average Bonchev–Trinajstić information content (AvgIpc) is 2.38. The maximum absolute atomic E-state index is 5.69. The van der Waals surface area contributed by atoms with Crippen LogP contribution in [0.1, 0.15) is 25.3 Å². The first kappa shape index (κ1) is 12.8. The summed E-state index contributed by atoms with van der Waals surface area (Å²) in [4.78, 5) is 2.56. The van der Waals surface area contributed by atoms with Crippen LogP contribution in [-0.4, -0.2) is 29.8 Å². The Morgan fingerprint density at radius 1 is 1.35 bits per heavy atom. The summed E-state index contributed by atoms with van der Waals surface area (Å²) < 4.78 is 0. The quantitative estimate of drug-likeness (QED) is 0.833. The minimum Gasteiger partial charge on any atom is -0.399 e. The van der Waals surface area contributed by atoms with Crippen molar-refractivity contribution in [3.63, 3.8) is 0 Å². The number of rotatable bonds is 4. The van der Waals surface area contributed by atoms with E-state index in [0.717, 1.165) is 16.7 Å². The summed E-state index contributed by atoms with van der Waals surface area (Å²) in [5, 5.41) is 0.807. The van der Waals surface area contributed by atoms with Crippen molar-refractivity contribution in [1.29, 1.82) is 0 Å². The normalized spacial score (nSPS) is 21.6. The molecule has 1 aliphatic heterocycles. The van der Waals surface area contributed by atoms with Crippen LogP contribution in [0.2, 0.25) is 0 Å². The van der Waals surface area contributed by atoms with Gasteiger partial charge in [0.25, 0.3) is 0 Å². The van der Waals surface area contributed by atoms with Gasteiger partial charge in [-0.15, -0.1) is 0 Å². The van der Waals surface area contributed by atoms with Crippen LogP contribution in [-0.2, 0) is 5.75 Å². The Balaban J connectivity index is 1.79. The smallest absolute Gasteiger partial charge is 0.0314 e. The fourth-order valence-electron chi connectivity index (χ4n) is 2.26. The second-order valence-electron chi connectivity index (χ2n) is 4.71. The van der Waals surface area contributed by atoms with Crippen LogP contribution >= 0.6 is 11.8 Å². The Morgan fingerprint density at radius 2 is 2.12 bits per heavy atom. The third-order valence-corrected chi connectivity index (χ3v) is 4.73. The Hall–Kier alpha value is -0.670. The van der Waals surface area contributed by atoms with E-state index < -0.39 is 0 Å². The van der Waals surface area contributed by atoms with Crippen LogP contribution in [0.15, 0.2) is 24.3 Å². The van der Waals surface area contributed by atoms with E-state index in [1.54, 1.807) is 0 Å². The predicted octanol–water partition coefficient (Wildman–Crippen LogP) is 2.99. The number of likely N-dealkylation sites (tertiary alicyclic amines) is 1. The summed E-state index contributed by atoms with van der Waals surface area (Å²) in [7, 11) is 0.